The van der Waals surface area contributed by atoms with E-state index in [4.69, 9.17) is 27.9 Å². The Morgan fingerprint density at radius 2 is 1.54 bits per heavy atom. The summed E-state index contributed by atoms with van der Waals surface area (Å²) in [6, 6.07) is 12.9. The summed E-state index contributed by atoms with van der Waals surface area (Å²) in [6.45, 7) is -0.159. The van der Waals surface area contributed by atoms with E-state index in [0.29, 0.717) is 10.0 Å². The summed E-state index contributed by atoms with van der Waals surface area (Å²) in [5.74, 6) is -1.32. The Balaban J connectivity index is 1.81. The second-order valence-electron chi connectivity index (χ2n) is 7.20. The van der Waals surface area contributed by atoms with Crippen LogP contribution in [0.1, 0.15) is 36.1 Å². The van der Waals surface area contributed by atoms with Gasteiger partial charge in [0.2, 0.25) is 5.91 Å². The molecule has 2 aromatic carbocycles. The molecule has 2 aromatic rings. The predicted molar refractivity (Wildman–Crippen MR) is 105 cm³/mol. The third-order valence-electron chi connectivity index (χ3n) is 5.29. The number of hydrogen-bond donors (Lipinski definition) is 1. The Kier molecular flexibility index (Phi) is 5.32. The normalized spacial score (nSPS) is 23.5. The molecule has 4 rings (SSSR count). The number of morpholine rings is 1. The van der Waals surface area contributed by atoms with Crippen LogP contribution in [0.15, 0.2) is 48.5 Å². The number of nitrogens with zero attached hydrogens (tertiary/aromatic N) is 1. The van der Waals surface area contributed by atoms with Gasteiger partial charge >= 0.3 is 5.97 Å². The molecule has 0 aromatic heterocycles. The first kappa shape index (κ1) is 19.2. The summed E-state index contributed by atoms with van der Waals surface area (Å²) in [5, 5.41) is 11.0. The summed E-state index contributed by atoms with van der Waals surface area (Å²) >= 11 is 12.1. The summed E-state index contributed by atoms with van der Waals surface area (Å²) < 4.78 is 5.91. The van der Waals surface area contributed by atoms with Crippen LogP contribution in [0.2, 0.25) is 10.0 Å². The Morgan fingerprint density at radius 3 is 2.04 bits per heavy atom. The Labute approximate surface area is 172 Å². The van der Waals surface area contributed by atoms with Gasteiger partial charge in [0, 0.05) is 10.0 Å². The van der Waals surface area contributed by atoms with E-state index in [1.165, 1.54) is 4.90 Å². The first-order valence-corrected chi connectivity index (χ1v) is 9.88. The van der Waals surface area contributed by atoms with Crippen LogP contribution >= 0.6 is 23.2 Å². The van der Waals surface area contributed by atoms with Crippen LogP contribution in [-0.2, 0) is 14.3 Å². The number of rotatable bonds is 5. The molecule has 1 aliphatic carbocycles. The molecule has 1 saturated heterocycles. The van der Waals surface area contributed by atoms with Crippen molar-refractivity contribution in [1.29, 1.82) is 0 Å². The average molecular weight is 420 g/mol. The number of halogens is 2. The maximum absolute atomic E-state index is 12.8. The van der Waals surface area contributed by atoms with Crippen LogP contribution in [-0.4, -0.2) is 34.5 Å². The maximum atomic E-state index is 12.8. The summed E-state index contributed by atoms with van der Waals surface area (Å²) in [6.07, 6.45) is 1.11. The summed E-state index contributed by atoms with van der Waals surface area (Å²) in [5.41, 5.74) is 1.62. The minimum atomic E-state index is -0.980. The van der Waals surface area contributed by atoms with Gasteiger partial charge in [-0.25, -0.2) is 4.79 Å². The van der Waals surface area contributed by atoms with E-state index in [-0.39, 0.29) is 18.4 Å². The molecule has 1 N–H and O–H groups in total. The molecule has 146 valence electrons. The quantitative estimate of drug-likeness (QED) is 0.774. The molecule has 28 heavy (non-hydrogen) atoms. The van der Waals surface area contributed by atoms with Crippen molar-refractivity contribution in [2.24, 2.45) is 5.92 Å². The minimum absolute atomic E-state index is 0.0276. The molecule has 0 bridgehead atoms. The minimum Gasteiger partial charge on any atom is -0.480 e. The molecule has 2 aliphatic rings. The SMILES string of the molecule is O=C(O)C(C1CC1)N1C(=O)COC(c2ccc(Cl)cc2)C1c1ccc(Cl)cc1. The average Bonchev–Trinajstić information content (AvgIpc) is 3.49. The van der Waals surface area contributed by atoms with Gasteiger partial charge in [-0.05, 0) is 54.2 Å². The largest absolute Gasteiger partial charge is 0.480 e. The third-order valence-corrected chi connectivity index (χ3v) is 5.80. The van der Waals surface area contributed by atoms with Gasteiger partial charge in [0.1, 0.15) is 18.8 Å². The highest BCUT2D eigenvalue weighted by Gasteiger charge is 2.49. The van der Waals surface area contributed by atoms with Crippen LogP contribution < -0.4 is 0 Å². The number of carboxylic acid groups (broad SMARTS) is 1. The Bertz CT molecular complexity index is 880. The molecule has 1 aliphatic heterocycles. The number of amides is 1. The van der Waals surface area contributed by atoms with Gasteiger partial charge in [-0.1, -0.05) is 47.5 Å². The molecular weight excluding hydrogens is 401 g/mol. The second-order valence-corrected chi connectivity index (χ2v) is 8.07. The zero-order chi connectivity index (χ0) is 19.8. The lowest BCUT2D eigenvalue weighted by Crippen LogP contribution is -2.54. The molecule has 2 fully saturated rings. The topological polar surface area (TPSA) is 66.8 Å². The number of carbonyl (C=O) groups is 2. The fourth-order valence-electron chi connectivity index (χ4n) is 3.84. The molecule has 3 atom stereocenters. The Morgan fingerprint density at radius 1 is 1.00 bits per heavy atom. The van der Waals surface area contributed by atoms with Gasteiger partial charge in [-0.3, -0.25) is 4.79 Å². The monoisotopic (exact) mass is 419 g/mol. The lowest BCUT2D eigenvalue weighted by atomic mass is 9.90. The number of hydrogen-bond acceptors (Lipinski definition) is 3. The van der Waals surface area contributed by atoms with Crippen molar-refractivity contribution in [1.82, 2.24) is 4.90 Å². The molecule has 1 heterocycles. The molecule has 7 heteroatoms. The Hall–Kier alpha value is -2.08. The zero-order valence-corrected chi connectivity index (χ0v) is 16.4. The summed E-state index contributed by atoms with van der Waals surface area (Å²) in [4.78, 5) is 26.4. The number of benzene rings is 2. The molecule has 0 spiro atoms. The van der Waals surface area contributed by atoms with Gasteiger partial charge in [-0.2, -0.15) is 0 Å². The summed E-state index contributed by atoms with van der Waals surface area (Å²) in [7, 11) is 0. The molecule has 3 unspecified atom stereocenters. The van der Waals surface area contributed by atoms with Gasteiger partial charge in [0.15, 0.2) is 0 Å². The van der Waals surface area contributed by atoms with E-state index in [9.17, 15) is 14.7 Å². The van der Waals surface area contributed by atoms with E-state index in [1.54, 1.807) is 24.3 Å². The molecular formula is C21H19Cl2NO4. The smallest absolute Gasteiger partial charge is 0.326 e. The van der Waals surface area contributed by atoms with Crippen molar-refractivity contribution in [3.8, 4) is 0 Å². The maximum Gasteiger partial charge on any atom is 0.326 e. The van der Waals surface area contributed by atoms with E-state index >= 15 is 0 Å². The standard InChI is InChI=1S/C21H19Cl2NO4/c22-15-7-3-12(4-8-15)18-20(14-5-9-16(23)10-6-14)28-11-17(25)24(18)19(21(26)27)13-1-2-13/h3-10,13,18-20H,1-2,11H2,(H,26,27). The lowest BCUT2D eigenvalue weighted by Gasteiger charge is -2.44. The van der Waals surface area contributed by atoms with Gasteiger partial charge < -0.3 is 14.7 Å². The number of carboxylic acids is 1. The molecule has 1 saturated carbocycles. The predicted octanol–water partition coefficient (Wildman–Crippen LogP) is 4.50. The number of carbonyl (C=O) groups excluding carboxylic acids is 1. The van der Waals surface area contributed by atoms with Crippen molar-refractivity contribution in [2.45, 2.75) is 31.0 Å². The fraction of sp³-hybridized carbons (Fsp3) is 0.333. The van der Waals surface area contributed by atoms with E-state index in [2.05, 4.69) is 0 Å². The molecule has 5 nitrogen and oxygen atoms in total. The van der Waals surface area contributed by atoms with Crippen LogP contribution in [0.3, 0.4) is 0 Å². The van der Waals surface area contributed by atoms with Crippen molar-refractivity contribution >= 4 is 35.1 Å². The zero-order valence-electron chi connectivity index (χ0n) is 14.9. The van der Waals surface area contributed by atoms with Gasteiger partial charge in [-0.15, -0.1) is 0 Å². The van der Waals surface area contributed by atoms with Crippen LogP contribution in [0.5, 0.6) is 0 Å². The van der Waals surface area contributed by atoms with Crippen LogP contribution in [0, 0.1) is 5.92 Å². The van der Waals surface area contributed by atoms with E-state index in [1.807, 2.05) is 24.3 Å². The second kappa shape index (κ2) is 7.74. The van der Waals surface area contributed by atoms with Crippen molar-refractivity contribution in [2.75, 3.05) is 6.61 Å². The van der Waals surface area contributed by atoms with Gasteiger partial charge in [0.25, 0.3) is 0 Å². The number of aliphatic carboxylic acids is 1. The van der Waals surface area contributed by atoms with Crippen LogP contribution in [0.4, 0.5) is 0 Å². The lowest BCUT2D eigenvalue weighted by molar-refractivity contribution is -0.172. The third kappa shape index (κ3) is 3.75. The molecule has 1 amide bonds. The molecule has 0 radical (unpaired) electrons. The van der Waals surface area contributed by atoms with E-state index in [0.717, 1.165) is 24.0 Å². The first-order chi connectivity index (χ1) is 13.5. The van der Waals surface area contributed by atoms with Crippen molar-refractivity contribution < 1.29 is 19.4 Å². The van der Waals surface area contributed by atoms with Crippen molar-refractivity contribution in [3.05, 3.63) is 69.7 Å². The van der Waals surface area contributed by atoms with Gasteiger partial charge in [0.05, 0.1) is 6.04 Å². The number of ether oxygens (including phenoxy) is 1. The van der Waals surface area contributed by atoms with Crippen LogP contribution in [0.25, 0.3) is 0 Å². The fourth-order valence-corrected chi connectivity index (χ4v) is 4.09. The highest BCUT2D eigenvalue weighted by atomic mass is 35.5. The van der Waals surface area contributed by atoms with E-state index < -0.39 is 24.2 Å². The highest BCUT2D eigenvalue weighted by Crippen LogP contribution is 2.46. The van der Waals surface area contributed by atoms with Crippen molar-refractivity contribution in [3.63, 3.8) is 0 Å². The first-order valence-electron chi connectivity index (χ1n) is 9.12. The highest BCUT2D eigenvalue weighted by molar-refractivity contribution is 6.30.